The molecule has 7 nitrogen and oxygen atoms in total. The predicted molar refractivity (Wildman–Crippen MR) is 85.8 cm³/mol. The molecular weight excluding hydrogens is 290 g/mol. The SMILES string of the molecule is N#Cc1ccccc1Nc1cnnc(NCc2ccncc2)n1. The van der Waals surface area contributed by atoms with Crippen molar-refractivity contribution in [2.45, 2.75) is 6.54 Å². The molecule has 3 rings (SSSR count). The maximum atomic E-state index is 9.11. The van der Waals surface area contributed by atoms with Gasteiger partial charge in [-0.3, -0.25) is 4.98 Å². The Hall–Kier alpha value is -3.53. The third kappa shape index (κ3) is 3.77. The van der Waals surface area contributed by atoms with Crippen molar-refractivity contribution in [1.82, 2.24) is 20.2 Å². The van der Waals surface area contributed by atoms with E-state index in [2.05, 4.69) is 36.9 Å². The van der Waals surface area contributed by atoms with Crippen molar-refractivity contribution in [2.24, 2.45) is 0 Å². The normalized spacial score (nSPS) is 9.87. The minimum absolute atomic E-state index is 0.404. The second kappa shape index (κ2) is 6.95. The monoisotopic (exact) mass is 303 g/mol. The first-order chi connectivity index (χ1) is 11.3. The number of hydrogen-bond donors (Lipinski definition) is 2. The molecule has 1 aromatic carbocycles. The van der Waals surface area contributed by atoms with Crippen molar-refractivity contribution in [1.29, 1.82) is 5.26 Å². The average molecular weight is 303 g/mol. The first kappa shape index (κ1) is 14.4. The van der Waals surface area contributed by atoms with Gasteiger partial charge in [0, 0.05) is 18.9 Å². The summed E-state index contributed by atoms with van der Waals surface area (Å²) < 4.78 is 0. The maximum Gasteiger partial charge on any atom is 0.244 e. The average Bonchev–Trinajstić information content (AvgIpc) is 2.62. The lowest BCUT2D eigenvalue weighted by Gasteiger charge is -2.08. The highest BCUT2D eigenvalue weighted by Gasteiger charge is 2.04. The fourth-order valence-electron chi connectivity index (χ4n) is 1.95. The summed E-state index contributed by atoms with van der Waals surface area (Å²) >= 11 is 0. The van der Waals surface area contributed by atoms with Gasteiger partial charge in [0.2, 0.25) is 5.95 Å². The summed E-state index contributed by atoms with van der Waals surface area (Å²) in [5, 5.41) is 23.1. The van der Waals surface area contributed by atoms with E-state index >= 15 is 0 Å². The van der Waals surface area contributed by atoms with Gasteiger partial charge in [-0.05, 0) is 29.8 Å². The number of aromatic nitrogens is 4. The lowest BCUT2D eigenvalue weighted by atomic mass is 10.2. The fourth-order valence-corrected chi connectivity index (χ4v) is 1.95. The van der Waals surface area contributed by atoms with Gasteiger partial charge in [-0.15, -0.1) is 5.10 Å². The summed E-state index contributed by atoms with van der Waals surface area (Å²) in [5.41, 5.74) is 2.28. The standard InChI is InChI=1S/C16H13N7/c17-9-13-3-1-2-4-14(13)21-15-11-20-23-16(22-15)19-10-12-5-7-18-8-6-12/h1-8,11H,10H2,(H2,19,21,22,23). The maximum absolute atomic E-state index is 9.11. The van der Waals surface area contributed by atoms with E-state index in [-0.39, 0.29) is 0 Å². The van der Waals surface area contributed by atoms with Crippen LogP contribution in [-0.2, 0) is 6.54 Å². The molecule has 0 saturated carbocycles. The lowest BCUT2D eigenvalue weighted by Crippen LogP contribution is -2.06. The van der Waals surface area contributed by atoms with Gasteiger partial charge in [-0.2, -0.15) is 15.3 Å². The molecule has 0 aliphatic heterocycles. The van der Waals surface area contributed by atoms with E-state index in [1.807, 2.05) is 30.3 Å². The van der Waals surface area contributed by atoms with E-state index in [4.69, 9.17) is 5.26 Å². The lowest BCUT2D eigenvalue weighted by molar-refractivity contribution is 0.947. The summed E-state index contributed by atoms with van der Waals surface area (Å²) in [6.45, 7) is 0.572. The van der Waals surface area contributed by atoms with E-state index in [1.165, 1.54) is 6.20 Å². The van der Waals surface area contributed by atoms with Gasteiger partial charge >= 0.3 is 0 Å². The van der Waals surface area contributed by atoms with Gasteiger partial charge in [0.15, 0.2) is 5.82 Å². The third-order valence-electron chi connectivity index (χ3n) is 3.07. The fraction of sp³-hybridized carbons (Fsp3) is 0.0625. The zero-order chi connectivity index (χ0) is 15.9. The molecule has 0 radical (unpaired) electrons. The molecule has 23 heavy (non-hydrogen) atoms. The Kier molecular flexibility index (Phi) is 4.36. The number of anilines is 3. The first-order valence-corrected chi connectivity index (χ1v) is 6.94. The van der Waals surface area contributed by atoms with Crippen LogP contribution in [0, 0.1) is 11.3 Å². The van der Waals surface area contributed by atoms with Crippen LogP contribution >= 0.6 is 0 Å². The van der Waals surface area contributed by atoms with E-state index < -0.39 is 0 Å². The molecule has 2 aromatic heterocycles. The molecule has 0 atom stereocenters. The zero-order valence-electron chi connectivity index (χ0n) is 12.1. The molecule has 0 bridgehead atoms. The summed E-state index contributed by atoms with van der Waals surface area (Å²) in [7, 11) is 0. The van der Waals surface area contributed by atoms with Crippen LogP contribution in [0.1, 0.15) is 11.1 Å². The highest BCUT2D eigenvalue weighted by molar-refractivity contribution is 5.64. The van der Waals surface area contributed by atoms with Gasteiger partial charge in [0.1, 0.15) is 6.07 Å². The Morgan fingerprint density at radius 2 is 1.91 bits per heavy atom. The molecule has 0 spiro atoms. The van der Waals surface area contributed by atoms with E-state index in [0.29, 0.717) is 29.6 Å². The van der Waals surface area contributed by atoms with Crippen molar-refractivity contribution >= 4 is 17.5 Å². The smallest absolute Gasteiger partial charge is 0.244 e. The summed E-state index contributed by atoms with van der Waals surface area (Å²) in [6.07, 6.45) is 4.96. The Balaban J connectivity index is 1.71. The van der Waals surface area contributed by atoms with Crippen LogP contribution in [-0.4, -0.2) is 20.2 Å². The Labute approximate surface area is 133 Å². The first-order valence-electron chi connectivity index (χ1n) is 6.94. The van der Waals surface area contributed by atoms with E-state index in [9.17, 15) is 0 Å². The van der Waals surface area contributed by atoms with Crippen LogP contribution in [0.15, 0.2) is 55.0 Å². The Morgan fingerprint density at radius 3 is 2.74 bits per heavy atom. The number of nitrogens with zero attached hydrogens (tertiary/aromatic N) is 5. The second-order valence-corrected chi connectivity index (χ2v) is 4.66. The van der Waals surface area contributed by atoms with Crippen LogP contribution in [0.25, 0.3) is 0 Å². The van der Waals surface area contributed by atoms with Crippen LogP contribution in [0.2, 0.25) is 0 Å². The highest BCUT2D eigenvalue weighted by atomic mass is 15.3. The minimum atomic E-state index is 0.404. The van der Waals surface area contributed by atoms with Gasteiger partial charge < -0.3 is 10.6 Å². The van der Waals surface area contributed by atoms with Crippen molar-refractivity contribution in [2.75, 3.05) is 10.6 Å². The van der Waals surface area contributed by atoms with Crippen LogP contribution in [0.4, 0.5) is 17.5 Å². The molecule has 0 aliphatic carbocycles. The number of nitrogens with one attached hydrogen (secondary N) is 2. The summed E-state index contributed by atoms with van der Waals surface area (Å²) in [5.74, 6) is 0.918. The number of rotatable bonds is 5. The van der Waals surface area contributed by atoms with Crippen molar-refractivity contribution in [3.05, 3.63) is 66.1 Å². The molecule has 0 fully saturated rings. The van der Waals surface area contributed by atoms with Crippen molar-refractivity contribution < 1.29 is 0 Å². The van der Waals surface area contributed by atoms with Gasteiger partial charge in [-0.25, -0.2) is 0 Å². The van der Waals surface area contributed by atoms with E-state index in [1.54, 1.807) is 18.5 Å². The summed E-state index contributed by atoms with van der Waals surface area (Å²) in [6, 6.07) is 13.1. The van der Waals surface area contributed by atoms with E-state index in [0.717, 1.165) is 5.56 Å². The van der Waals surface area contributed by atoms with Crippen molar-refractivity contribution in [3.8, 4) is 6.07 Å². The largest absolute Gasteiger partial charge is 0.349 e. The molecule has 0 aliphatic rings. The van der Waals surface area contributed by atoms with Crippen LogP contribution < -0.4 is 10.6 Å². The minimum Gasteiger partial charge on any atom is -0.349 e. The molecule has 112 valence electrons. The molecule has 3 aromatic rings. The summed E-state index contributed by atoms with van der Waals surface area (Å²) in [4.78, 5) is 8.31. The molecular formula is C16H13N7. The Bertz CT molecular complexity index is 827. The van der Waals surface area contributed by atoms with Gasteiger partial charge in [0.25, 0.3) is 0 Å². The number of pyridine rings is 1. The molecule has 0 amide bonds. The number of benzene rings is 1. The molecule has 2 N–H and O–H groups in total. The molecule has 0 saturated heterocycles. The Morgan fingerprint density at radius 1 is 1.09 bits per heavy atom. The number of hydrogen-bond acceptors (Lipinski definition) is 7. The van der Waals surface area contributed by atoms with Gasteiger partial charge in [0.05, 0.1) is 17.4 Å². The van der Waals surface area contributed by atoms with Crippen LogP contribution in [0.5, 0.6) is 0 Å². The van der Waals surface area contributed by atoms with Gasteiger partial charge in [-0.1, -0.05) is 12.1 Å². The van der Waals surface area contributed by atoms with Crippen molar-refractivity contribution in [3.63, 3.8) is 0 Å². The van der Waals surface area contributed by atoms with Crippen LogP contribution in [0.3, 0.4) is 0 Å². The highest BCUT2D eigenvalue weighted by Crippen LogP contribution is 2.18. The molecule has 0 unspecified atom stereocenters. The number of nitriles is 1. The quantitative estimate of drug-likeness (QED) is 0.747. The molecule has 7 heteroatoms. The third-order valence-corrected chi connectivity index (χ3v) is 3.07. The molecule has 2 heterocycles. The predicted octanol–water partition coefficient (Wildman–Crippen LogP) is 2.49. The number of para-hydroxylation sites is 1. The second-order valence-electron chi connectivity index (χ2n) is 4.66. The topological polar surface area (TPSA) is 99.4 Å². The zero-order valence-corrected chi connectivity index (χ0v) is 12.1.